The number of thiophene rings is 1. The zero-order chi connectivity index (χ0) is 23.0. The Morgan fingerprint density at radius 2 is 2.16 bits per heavy atom. The number of rotatable bonds is 1. The van der Waals surface area contributed by atoms with Crippen molar-refractivity contribution in [2.75, 3.05) is 13.6 Å². The summed E-state index contributed by atoms with van der Waals surface area (Å²) in [6.07, 6.45) is 6.90. The molecule has 2 amide bonds. The number of ketones is 1. The largest absolute Gasteiger partial charge is 0.480 e. The van der Waals surface area contributed by atoms with Gasteiger partial charge in [0.25, 0.3) is 0 Å². The van der Waals surface area contributed by atoms with Crippen LogP contribution in [0.3, 0.4) is 0 Å². The van der Waals surface area contributed by atoms with Crippen LogP contribution in [0.5, 0.6) is 5.75 Å². The molecule has 0 spiro atoms. The molecular weight excluding hydrogens is 434 g/mol. The third kappa shape index (κ3) is 3.66. The van der Waals surface area contributed by atoms with Crippen molar-refractivity contribution in [2.45, 2.75) is 19.8 Å². The number of likely N-dealkylation sites (N-methyl/N-ethyl adjacent to an activating group) is 1. The van der Waals surface area contributed by atoms with Gasteiger partial charge in [-0.3, -0.25) is 24.2 Å². The first-order valence-corrected chi connectivity index (χ1v) is 10.8. The number of carbonyl (C=O) groups excluding carboxylic acids is 3. The van der Waals surface area contributed by atoms with E-state index in [2.05, 4.69) is 10.3 Å². The molecule has 2 atom stereocenters. The van der Waals surface area contributed by atoms with Gasteiger partial charge < -0.3 is 20.1 Å². The minimum atomic E-state index is -1.71. The lowest BCUT2D eigenvalue weighted by Crippen LogP contribution is -2.43. The van der Waals surface area contributed by atoms with Gasteiger partial charge in [-0.1, -0.05) is 19.1 Å². The molecule has 2 N–H and O–H groups in total. The first-order valence-electron chi connectivity index (χ1n) is 9.92. The summed E-state index contributed by atoms with van der Waals surface area (Å²) in [5.74, 6) is -2.57. The maximum Gasteiger partial charge on any atom is 0.321 e. The van der Waals surface area contributed by atoms with E-state index in [0.717, 1.165) is 0 Å². The predicted molar refractivity (Wildman–Crippen MR) is 117 cm³/mol. The van der Waals surface area contributed by atoms with E-state index in [-0.39, 0.29) is 30.9 Å². The molecule has 1 aromatic rings. The summed E-state index contributed by atoms with van der Waals surface area (Å²) in [5, 5.41) is 14.5. The highest BCUT2D eigenvalue weighted by Gasteiger charge is 2.52. The van der Waals surface area contributed by atoms with Gasteiger partial charge in [-0.05, 0) is 5.57 Å². The molecule has 2 bridgehead atoms. The molecule has 9 nitrogen and oxygen atoms in total. The maximum atomic E-state index is 12.9. The first-order chi connectivity index (χ1) is 15.2. The number of carbonyl (C=O) groups is 4. The molecule has 0 saturated carbocycles. The Morgan fingerprint density at radius 3 is 2.91 bits per heavy atom. The van der Waals surface area contributed by atoms with Gasteiger partial charge in [-0.15, -0.1) is 11.3 Å². The van der Waals surface area contributed by atoms with Gasteiger partial charge in [0, 0.05) is 48.9 Å². The van der Waals surface area contributed by atoms with Gasteiger partial charge in [-0.25, -0.2) is 0 Å². The van der Waals surface area contributed by atoms with Crippen LogP contribution >= 0.6 is 11.3 Å². The van der Waals surface area contributed by atoms with E-state index in [0.29, 0.717) is 21.8 Å². The van der Waals surface area contributed by atoms with E-state index in [4.69, 9.17) is 4.74 Å². The van der Waals surface area contributed by atoms with Crippen LogP contribution in [0.1, 0.15) is 30.2 Å². The molecule has 166 valence electrons. The standard InChI is InChI=1S/C22H21N3O6S/c1-12-14-7-18(28)25(2)10-17(27)24-6-5-23-9-16-19-13(11-32-16)3-4-22(21(29)30,8-15(12)26)20(14)31-19/h3-6,9,11-12H,7-8,10H2,1-2H3,(H,24,27)(H,29,30)/b6-5-,23-9-/t12-,22+/m0/s1. The van der Waals surface area contributed by atoms with Crippen molar-refractivity contribution in [2.24, 2.45) is 16.3 Å². The molecule has 0 aromatic carbocycles. The van der Waals surface area contributed by atoms with Gasteiger partial charge in [0.05, 0.1) is 17.8 Å². The molecule has 2 aliphatic heterocycles. The minimum Gasteiger partial charge on any atom is -0.480 e. The molecule has 32 heavy (non-hydrogen) atoms. The zero-order valence-corrected chi connectivity index (χ0v) is 18.3. The van der Waals surface area contributed by atoms with E-state index in [1.54, 1.807) is 24.6 Å². The molecular formula is C22H21N3O6S. The lowest BCUT2D eigenvalue weighted by molar-refractivity contribution is -0.149. The molecule has 0 saturated heterocycles. The second kappa shape index (κ2) is 8.19. The number of nitrogens with zero attached hydrogens (tertiary/aromatic N) is 2. The number of aliphatic carboxylic acids is 1. The van der Waals surface area contributed by atoms with Crippen LogP contribution in [-0.2, 0) is 19.2 Å². The summed E-state index contributed by atoms with van der Waals surface area (Å²) in [7, 11) is 1.47. The second-order valence-electron chi connectivity index (χ2n) is 7.90. The summed E-state index contributed by atoms with van der Waals surface area (Å²) in [6.45, 7) is 1.43. The molecule has 4 rings (SSSR count). The Kier molecular flexibility index (Phi) is 5.55. The van der Waals surface area contributed by atoms with Crippen molar-refractivity contribution < 1.29 is 29.0 Å². The number of ether oxygens (including phenoxy) is 1. The van der Waals surface area contributed by atoms with Crippen LogP contribution < -0.4 is 10.1 Å². The van der Waals surface area contributed by atoms with Crippen LogP contribution in [0.2, 0.25) is 0 Å². The van der Waals surface area contributed by atoms with E-state index in [9.17, 15) is 24.3 Å². The maximum absolute atomic E-state index is 12.9. The van der Waals surface area contributed by atoms with Crippen LogP contribution in [0.4, 0.5) is 0 Å². The Balaban J connectivity index is 1.94. The fourth-order valence-electron chi connectivity index (χ4n) is 3.91. The Hall–Kier alpha value is -3.53. The third-order valence-electron chi connectivity index (χ3n) is 5.83. The smallest absolute Gasteiger partial charge is 0.321 e. The zero-order valence-electron chi connectivity index (χ0n) is 17.5. The quantitative estimate of drug-likeness (QED) is 0.667. The van der Waals surface area contributed by atoms with E-state index in [1.165, 1.54) is 41.8 Å². The monoisotopic (exact) mass is 455 g/mol. The van der Waals surface area contributed by atoms with Gasteiger partial charge in [0.1, 0.15) is 11.5 Å². The third-order valence-corrected chi connectivity index (χ3v) is 6.75. The first kappa shape index (κ1) is 21.7. The minimum absolute atomic E-state index is 0.0803. The van der Waals surface area contributed by atoms with Crippen LogP contribution in [0.25, 0.3) is 6.08 Å². The molecule has 3 heterocycles. The highest BCUT2D eigenvalue weighted by atomic mass is 32.1. The SMILES string of the molecule is C[C@@H]1C(=O)C[C@]2(C(=O)O)C=Cc3csc4c3OC2=C1CC(=O)N(C)CC(=O)N/C=C\N=C/4. The lowest BCUT2D eigenvalue weighted by Gasteiger charge is -2.36. The number of Topliss-reactive ketones (excluding diaryl/α,β-unsaturated/α-hetero) is 1. The normalized spacial score (nSPS) is 27.6. The number of amides is 2. The number of carboxylic acid groups (broad SMARTS) is 1. The molecule has 0 unspecified atom stereocenters. The number of hydrogen-bond donors (Lipinski definition) is 2. The van der Waals surface area contributed by atoms with E-state index in [1.807, 2.05) is 0 Å². The van der Waals surface area contributed by atoms with Crippen LogP contribution in [0, 0.1) is 11.3 Å². The van der Waals surface area contributed by atoms with Crippen molar-refractivity contribution in [3.05, 3.63) is 45.6 Å². The lowest BCUT2D eigenvalue weighted by atomic mass is 9.69. The Labute approximate surface area is 187 Å². The molecule has 1 aliphatic carbocycles. The van der Waals surface area contributed by atoms with Crippen molar-refractivity contribution in [1.29, 1.82) is 0 Å². The molecule has 0 radical (unpaired) electrons. The Morgan fingerprint density at radius 1 is 1.38 bits per heavy atom. The van der Waals surface area contributed by atoms with Gasteiger partial charge in [0.15, 0.2) is 11.2 Å². The summed E-state index contributed by atoms with van der Waals surface area (Å²) in [6, 6.07) is 0. The average molecular weight is 455 g/mol. The topological polar surface area (TPSA) is 125 Å². The fourth-order valence-corrected chi connectivity index (χ4v) is 4.74. The van der Waals surface area contributed by atoms with Crippen molar-refractivity contribution in [1.82, 2.24) is 10.2 Å². The Bertz CT molecular complexity index is 1140. The highest BCUT2D eigenvalue weighted by Crippen LogP contribution is 2.49. The fraction of sp³-hybridized carbons (Fsp3) is 0.318. The summed E-state index contributed by atoms with van der Waals surface area (Å²) >= 11 is 1.36. The van der Waals surface area contributed by atoms with E-state index < -0.39 is 29.1 Å². The van der Waals surface area contributed by atoms with Gasteiger partial charge >= 0.3 is 5.97 Å². The highest BCUT2D eigenvalue weighted by molar-refractivity contribution is 7.12. The van der Waals surface area contributed by atoms with Crippen molar-refractivity contribution in [3.8, 4) is 5.75 Å². The van der Waals surface area contributed by atoms with Crippen molar-refractivity contribution >= 4 is 47.2 Å². The summed E-state index contributed by atoms with van der Waals surface area (Å²) in [5.41, 5.74) is -0.752. The molecule has 3 aliphatic rings. The molecule has 0 fully saturated rings. The number of carboxylic acids is 1. The average Bonchev–Trinajstić information content (AvgIpc) is 3.03. The van der Waals surface area contributed by atoms with E-state index >= 15 is 0 Å². The number of aliphatic imine (C=N–C) groups is 1. The molecule has 1 aromatic heterocycles. The summed E-state index contributed by atoms with van der Waals surface area (Å²) in [4.78, 5) is 56.3. The second-order valence-corrected chi connectivity index (χ2v) is 8.81. The predicted octanol–water partition coefficient (Wildman–Crippen LogP) is 1.96. The van der Waals surface area contributed by atoms with Crippen LogP contribution in [-0.4, -0.2) is 53.4 Å². The molecule has 10 heteroatoms. The number of nitrogens with one attached hydrogen (secondary N) is 1. The van der Waals surface area contributed by atoms with Gasteiger partial charge in [-0.2, -0.15) is 0 Å². The summed E-state index contributed by atoms with van der Waals surface area (Å²) < 4.78 is 6.24. The van der Waals surface area contributed by atoms with Crippen LogP contribution in [0.15, 0.2) is 40.2 Å². The van der Waals surface area contributed by atoms with Gasteiger partial charge in [0.2, 0.25) is 11.8 Å². The number of hydrogen-bond acceptors (Lipinski definition) is 7. The van der Waals surface area contributed by atoms with Crippen molar-refractivity contribution in [3.63, 3.8) is 0 Å².